The minimum Gasteiger partial charge on any atom is -0.361 e. The Balaban J connectivity index is 1.63. The molecule has 0 aromatic carbocycles. The number of hydrogen-bond acceptors (Lipinski definition) is 4. The van der Waals surface area contributed by atoms with Crippen molar-refractivity contribution in [3.63, 3.8) is 0 Å². The summed E-state index contributed by atoms with van der Waals surface area (Å²) in [6, 6.07) is 2.48. The highest BCUT2D eigenvalue weighted by atomic mass is 16.5. The van der Waals surface area contributed by atoms with Crippen LogP contribution in [0.5, 0.6) is 0 Å². The number of aromatic nitrogens is 3. The molecule has 0 amide bonds. The maximum Gasteiger partial charge on any atom is 0.138 e. The molecule has 1 fully saturated rings. The molecule has 0 N–H and O–H groups in total. The summed E-state index contributed by atoms with van der Waals surface area (Å²) in [5.74, 6) is 0.924. The number of likely N-dealkylation sites (tertiary alicyclic amines) is 1. The summed E-state index contributed by atoms with van der Waals surface area (Å²) >= 11 is 0. The average Bonchev–Trinajstić information content (AvgIpc) is 3.02. The molecule has 1 unspecified atom stereocenters. The lowest BCUT2D eigenvalue weighted by Crippen LogP contribution is -2.21. The van der Waals surface area contributed by atoms with Gasteiger partial charge in [0.2, 0.25) is 0 Å². The average molecular weight is 232 g/mol. The Bertz CT molecular complexity index is 476. The normalized spacial score (nSPS) is 21.1. The van der Waals surface area contributed by atoms with Crippen LogP contribution < -0.4 is 0 Å². The predicted octanol–water partition coefficient (Wildman–Crippen LogP) is 1.63. The molecule has 90 valence electrons. The molecule has 1 aliphatic heterocycles. The maximum absolute atomic E-state index is 5.08. The lowest BCUT2D eigenvalue weighted by atomic mass is 10.2. The molecule has 0 spiro atoms. The van der Waals surface area contributed by atoms with E-state index in [2.05, 4.69) is 19.8 Å². The first kappa shape index (κ1) is 10.5. The topological polar surface area (TPSA) is 47.1 Å². The van der Waals surface area contributed by atoms with Gasteiger partial charge in [-0.15, -0.1) is 0 Å². The van der Waals surface area contributed by atoms with Crippen LogP contribution in [0, 0.1) is 6.92 Å². The Labute approximate surface area is 100 Å². The third kappa shape index (κ3) is 2.10. The summed E-state index contributed by atoms with van der Waals surface area (Å²) < 4.78 is 7.14. The Morgan fingerprint density at radius 2 is 2.47 bits per heavy atom. The zero-order chi connectivity index (χ0) is 11.7. The second-order valence-electron chi connectivity index (χ2n) is 4.57. The lowest BCUT2D eigenvalue weighted by molar-refractivity contribution is 0.308. The monoisotopic (exact) mass is 232 g/mol. The van der Waals surface area contributed by atoms with E-state index < -0.39 is 0 Å². The van der Waals surface area contributed by atoms with Crippen LogP contribution in [0.2, 0.25) is 0 Å². The Kier molecular flexibility index (Phi) is 2.68. The highest BCUT2D eigenvalue weighted by Crippen LogP contribution is 2.22. The SMILES string of the molecule is Cc1oncc1CN1CCC(n2cccn2)C1. The molecule has 3 rings (SSSR count). The van der Waals surface area contributed by atoms with Crippen LogP contribution in [0.4, 0.5) is 0 Å². The molecule has 0 aliphatic carbocycles. The first-order valence-electron chi connectivity index (χ1n) is 5.94. The van der Waals surface area contributed by atoms with Gasteiger partial charge in [0, 0.05) is 37.6 Å². The number of nitrogens with zero attached hydrogens (tertiary/aromatic N) is 4. The first-order chi connectivity index (χ1) is 8.33. The van der Waals surface area contributed by atoms with Gasteiger partial charge in [-0.1, -0.05) is 5.16 Å². The molecule has 2 aromatic rings. The van der Waals surface area contributed by atoms with E-state index in [1.54, 1.807) is 0 Å². The second-order valence-corrected chi connectivity index (χ2v) is 4.57. The molecule has 1 saturated heterocycles. The fourth-order valence-corrected chi connectivity index (χ4v) is 2.38. The third-order valence-corrected chi connectivity index (χ3v) is 3.39. The van der Waals surface area contributed by atoms with E-state index in [9.17, 15) is 0 Å². The van der Waals surface area contributed by atoms with Gasteiger partial charge >= 0.3 is 0 Å². The van der Waals surface area contributed by atoms with E-state index >= 15 is 0 Å². The van der Waals surface area contributed by atoms with E-state index in [1.807, 2.05) is 31.6 Å². The van der Waals surface area contributed by atoms with Gasteiger partial charge in [0.15, 0.2) is 0 Å². The van der Waals surface area contributed by atoms with Gasteiger partial charge in [-0.2, -0.15) is 5.10 Å². The third-order valence-electron chi connectivity index (χ3n) is 3.39. The Morgan fingerprint density at radius 3 is 3.18 bits per heavy atom. The highest BCUT2D eigenvalue weighted by Gasteiger charge is 2.24. The van der Waals surface area contributed by atoms with Gasteiger partial charge in [-0.05, 0) is 19.4 Å². The minimum atomic E-state index is 0.505. The van der Waals surface area contributed by atoms with Crippen LogP contribution >= 0.6 is 0 Å². The molecule has 0 bridgehead atoms. The van der Waals surface area contributed by atoms with Crippen molar-refractivity contribution >= 4 is 0 Å². The molecule has 2 aromatic heterocycles. The van der Waals surface area contributed by atoms with E-state index in [1.165, 1.54) is 5.56 Å². The van der Waals surface area contributed by atoms with Gasteiger partial charge in [0.25, 0.3) is 0 Å². The summed E-state index contributed by atoms with van der Waals surface area (Å²) in [5, 5.41) is 8.12. The van der Waals surface area contributed by atoms with Crippen molar-refractivity contribution in [2.45, 2.75) is 25.9 Å². The molecule has 3 heterocycles. The summed E-state index contributed by atoms with van der Waals surface area (Å²) in [6.45, 7) is 5.04. The maximum atomic E-state index is 5.08. The van der Waals surface area contributed by atoms with E-state index in [4.69, 9.17) is 4.52 Å². The summed E-state index contributed by atoms with van der Waals surface area (Å²) in [7, 11) is 0. The fraction of sp³-hybridized carbons (Fsp3) is 0.500. The zero-order valence-corrected chi connectivity index (χ0v) is 9.91. The van der Waals surface area contributed by atoms with Crippen LogP contribution in [-0.4, -0.2) is 32.9 Å². The van der Waals surface area contributed by atoms with Crippen molar-refractivity contribution in [1.29, 1.82) is 0 Å². The predicted molar refractivity (Wildman–Crippen MR) is 62.4 cm³/mol. The molecule has 17 heavy (non-hydrogen) atoms. The number of rotatable bonds is 3. The van der Waals surface area contributed by atoms with E-state index in [0.29, 0.717) is 6.04 Å². The van der Waals surface area contributed by atoms with Gasteiger partial charge in [-0.25, -0.2) is 0 Å². The van der Waals surface area contributed by atoms with Gasteiger partial charge in [0.05, 0.1) is 12.2 Å². The number of hydrogen-bond donors (Lipinski definition) is 0. The molecule has 1 atom stereocenters. The van der Waals surface area contributed by atoms with Gasteiger partial charge < -0.3 is 4.52 Å². The van der Waals surface area contributed by atoms with Crippen molar-refractivity contribution in [2.24, 2.45) is 0 Å². The molecule has 1 aliphatic rings. The van der Waals surface area contributed by atoms with Crippen LogP contribution in [0.25, 0.3) is 0 Å². The largest absolute Gasteiger partial charge is 0.361 e. The first-order valence-corrected chi connectivity index (χ1v) is 5.94. The van der Waals surface area contributed by atoms with Crippen molar-refractivity contribution < 1.29 is 4.52 Å². The van der Waals surface area contributed by atoms with E-state index in [-0.39, 0.29) is 0 Å². The Hall–Kier alpha value is -1.62. The quantitative estimate of drug-likeness (QED) is 0.807. The van der Waals surface area contributed by atoms with E-state index in [0.717, 1.165) is 31.8 Å². The van der Waals surface area contributed by atoms with Crippen LogP contribution in [-0.2, 0) is 6.54 Å². The summed E-state index contributed by atoms with van der Waals surface area (Å²) in [5.41, 5.74) is 1.19. The Morgan fingerprint density at radius 1 is 1.53 bits per heavy atom. The second kappa shape index (κ2) is 4.33. The highest BCUT2D eigenvalue weighted by molar-refractivity contribution is 5.11. The lowest BCUT2D eigenvalue weighted by Gasteiger charge is -2.15. The molecule has 0 saturated carbocycles. The van der Waals surface area contributed by atoms with Gasteiger partial charge in [-0.3, -0.25) is 9.58 Å². The van der Waals surface area contributed by atoms with Crippen molar-refractivity contribution in [3.8, 4) is 0 Å². The molecular weight excluding hydrogens is 216 g/mol. The van der Waals surface area contributed by atoms with Crippen LogP contribution in [0.1, 0.15) is 23.8 Å². The molecular formula is C12H16N4O. The summed E-state index contributed by atoms with van der Waals surface area (Å²) in [6.07, 6.45) is 6.86. The van der Waals surface area contributed by atoms with Crippen molar-refractivity contribution in [1.82, 2.24) is 19.8 Å². The van der Waals surface area contributed by atoms with Crippen molar-refractivity contribution in [3.05, 3.63) is 36.0 Å². The van der Waals surface area contributed by atoms with Crippen LogP contribution in [0.15, 0.2) is 29.2 Å². The fourth-order valence-electron chi connectivity index (χ4n) is 2.38. The van der Waals surface area contributed by atoms with Gasteiger partial charge in [0.1, 0.15) is 5.76 Å². The molecule has 5 heteroatoms. The zero-order valence-electron chi connectivity index (χ0n) is 9.91. The molecule has 0 radical (unpaired) electrons. The van der Waals surface area contributed by atoms with Crippen LogP contribution in [0.3, 0.4) is 0 Å². The number of aryl methyl sites for hydroxylation is 1. The smallest absolute Gasteiger partial charge is 0.138 e. The molecule has 5 nitrogen and oxygen atoms in total. The summed E-state index contributed by atoms with van der Waals surface area (Å²) in [4.78, 5) is 2.42. The minimum absolute atomic E-state index is 0.505. The standard InChI is InChI=1S/C12H16N4O/c1-10-11(7-14-17-10)8-15-6-3-12(9-15)16-5-2-4-13-16/h2,4-5,7,12H,3,6,8-9H2,1H3. The van der Waals surface area contributed by atoms with Crippen molar-refractivity contribution in [2.75, 3.05) is 13.1 Å².